The first-order chi connectivity index (χ1) is 13.1. The number of fused-ring (bicyclic) bond motifs is 2. The number of phenolic OH excluding ortho intramolecular Hbond substituents is 1. The van der Waals surface area contributed by atoms with Crippen molar-refractivity contribution in [3.63, 3.8) is 0 Å². The van der Waals surface area contributed by atoms with Gasteiger partial charge in [-0.25, -0.2) is 0 Å². The first kappa shape index (κ1) is 17.5. The number of nitrogens with one attached hydrogen (secondary N) is 2. The van der Waals surface area contributed by atoms with Gasteiger partial charge in [0.05, 0.1) is 18.7 Å². The molecule has 0 spiro atoms. The summed E-state index contributed by atoms with van der Waals surface area (Å²) < 4.78 is 0. The van der Waals surface area contributed by atoms with E-state index in [-0.39, 0.29) is 30.4 Å². The molecule has 140 valence electrons. The Hall–Kier alpha value is -2.86. The number of carbonyl (C=O) groups is 2. The molecule has 0 saturated carbocycles. The first-order valence-electron chi connectivity index (χ1n) is 9.19. The minimum Gasteiger partial charge on any atom is -0.508 e. The minimum absolute atomic E-state index is 0.0118. The van der Waals surface area contributed by atoms with Crippen LogP contribution in [-0.4, -0.2) is 28.6 Å². The molecule has 2 aromatic rings. The van der Waals surface area contributed by atoms with Gasteiger partial charge in [0.25, 0.3) is 0 Å². The molecule has 0 aromatic heterocycles. The molecule has 2 aromatic carbocycles. The molecule has 3 atom stereocenters. The van der Waals surface area contributed by atoms with E-state index in [9.17, 15) is 19.8 Å². The molecule has 2 amide bonds. The van der Waals surface area contributed by atoms with Gasteiger partial charge in [0, 0.05) is 5.92 Å². The molecule has 0 radical (unpaired) electrons. The summed E-state index contributed by atoms with van der Waals surface area (Å²) in [4.78, 5) is 24.8. The van der Waals surface area contributed by atoms with Crippen LogP contribution >= 0.6 is 0 Å². The number of carbonyl (C=O) groups excluding carboxylic acids is 2. The smallest absolute Gasteiger partial charge is 0.309 e. The molecular weight excluding hydrogens is 344 g/mol. The lowest BCUT2D eigenvalue weighted by Gasteiger charge is -2.17. The summed E-state index contributed by atoms with van der Waals surface area (Å²) in [7, 11) is 0. The van der Waals surface area contributed by atoms with Crippen molar-refractivity contribution >= 4 is 11.8 Å². The number of rotatable bonds is 3. The van der Waals surface area contributed by atoms with Gasteiger partial charge < -0.3 is 20.8 Å². The Bertz CT molecular complexity index is 896. The number of amides is 2. The third-order valence-electron chi connectivity index (χ3n) is 5.58. The molecule has 0 heterocycles. The summed E-state index contributed by atoms with van der Waals surface area (Å²) in [5, 5.41) is 24.8. The fourth-order valence-electron chi connectivity index (χ4n) is 4.24. The average molecular weight is 366 g/mol. The lowest BCUT2D eigenvalue weighted by Crippen LogP contribution is -2.42. The molecule has 4 N–H and O–H groups in total. The predicted octanol–water partition coefficient (Wildman–Crippen LogP) is 1.83. The van der Waals surface area contributed by atoms with Crippen LogP contribution in [0.1, 0.15) is 53.1 Å². The van der Waals surface area contributed by atoms with E-state index >= 15 is 0 Å². The van der Waals surface area contributed by atoms with Crippen molar-refractivity contribution in [1.29, 1.82) is 0 Å². The van der Waals surface area contributed by atoms with Crippen LogP contribution in [0.2, 0.25) is 0 Å². The second kappa shape index (κ2) is 7.04. The predicted molar refractivity (Wildman–Crippen MR) is 99.1 cm³/mol. The fourth-order valence-corrected chi connectivity index (χ4v) is 4.24. The van der Waals surface area contributed by atoms with Gasteiger partial charge in [0.1, 0.15) is 5.75 Å². The van der Waals surface area contributed by atoms with Crippen molar-refractivity contribution < 1.29 is 19.8 Å². The molecule has 6 heteroatoms. The van der Waals surface area contributed by atoms with E-state index in [1.54, 1.807) is 12.1 Å². The van der Waals surface area contributed by atoms with E-state index in [2.05, 4.69) is 10.6 Å². The van der Waals surface area contributed by atoms with Crippen LogP contribution in [0.5, 0.6) is 5.75 Å². The third-order valence-corrected chi connectivity index (χ3v) is 5.58. The molecule has 27 heavy (non-hydrogen) atoms. The Kier molecular flexibility index (Phi) is 4.58. The van der Waals surface area contributed by atoms with E-state index in [4.69, 9.17) is 0 Å². The Morgan fingerprint density at radius 2 is 1.67 bits per heavy atom. The molecule has 4 rings (SSSR count). The Morgan fingerprint density at radius 3 is 2.41 bits per heavy atom. The standard InChI is InChI=1S/C21H22N2O4/c24-11-13-9-19(16-4-2-1-3-15(13)16)23-21(27)20(26)22-18-8-6-12-5-7-14(25)10-17(12)18/h1-5,7,10,13,18-19,24-25H,6,8-9,11H2,(H,22,26)(H,23,27)/t13-,18?,19-/m0/s1. The molecule has 1 unspecified atom stereocenters. The fraction of sp³-hybridized carbons (Fsp3) is 0.333. The van der Waals surface area contributed by atoms with Crippen LogP contribution in [-0.2, 0) is 16.0 Å². The van der Waals surface area contributed by atoms with Gasteiger partial charge in [-0.3, -0.25) is 9.59 Å². The molecule has 0 fully saturated rings. The van der Waals surface area contributed by atoms with Crippen molar-refractivity contribution in [3.05, 3.63) is 64.7 Å². The SMILES string of the molecule is O=C(NC1CCc2ccc(O)cc21)C(=O)N[C@H]1C[C@@H](CO)c2ccccc21. The zero-order chi connectivity index (χ0) is 19.0. The van der Waals surface area contributed by atoms with Gasteiger partial charge in [-0.1, -0.05) is 30.3 Å². The van der Waals surface area contributed by atoms with Crippen LogP contribution in [0.4, 0.5) is 0 Å². The number of aliphatic hydroxyl groups excluding tert-OH is 1. The second-order valence-electron chi connectivity index (χ2n) is 7.22. The zero-order valence-corrected chi connectivity index (χ0v) is 14.8. The van der Waals surface area contributed by atoms with Crippen molar-refractivity contribution in [2.45, 2.75) is 37.3 Å². The summed E-state index contributed by atoms with van der Waals surface area (Å²) >= 11 is 0. The maximum atomic E-state index is 12.4. The number of aryl methyl sites for hydroxylation is 1. The minimum atomic E-state index is -0.680. The van der Waals surface area contributed by atoms with Crippen LogP contribution in [0.3, 0.4) is 0 Å². The lowest BCUT2D eigenvalue weighted by molar-refractivity contribution is -0.140. The van der Waals surface area contributed by atoms with Crippen molar-refractivity contribution in [2.75, 3.05) is 6.61 Å². The van der Waals surface area contributed by atoms with Crippen molar-refractivity contribution in [3.8, 4) is 5.75 Å². The molecule has 0 saturated heterocycles. The van der Waals surface area contributed by atoms with Gasteiger partial charge in [0.2, 0.25) is 0 Å². The van der Waals surface area contributed by atoms with Crippen molar-refractivity contribution in [1.82, 2.24) is 10.6 Å². The highest BCUT2D eigenvalue weighted by Crippen LogP contribution is 2.39. The number of aromatic hydroxyl groups is 1. The van der Waals surface area contributed by atoms with Gasteiger partial charge in [-0.05, 0) is 53.6 Å². The largest absolute Gasteiger partial charge is 0.508 e. The highest BCUT2D eigenvalue weighted by atomic mass is 16.3. The quantitative estimate of drug-likeness (QED) is 0.623. The summed E-state index contributed by atoms with van der Waals surface area (Å²) in [6.45, 7) is 0.0118. The molecule has 2 aliphatic rings. The Labute approximate surface area is 157 Å². The molecular formula is C21H22N2O4. The van der Waals surface area contributed by atoms with Gasteiger partial charge >= 0.3 is 11.8 Å². The summed E-state index contributed by atoms with van der Waals surface area (Å²) in [5.74, 6) is -1.24. The van der Waals surface area contributed by atoms with Crippen LogP contribution in [0.15, 0.2) is 42.5 Å². The summed E-state index contributed by atoms with van der Waals surface area (Å²) in [6.07, 6.45) is 2.09. The van der Waals surface area contributed by atoms with Crippen molar-refractivity contribution in [2.24, 2.45) is 0 Å². The highest BCUT2D eigenvalue weighted by molar-refractivity contribution is 6.35. The molecule has 6 nitrogen and oxygen atoms in total. The van der Waals surface area contributed by atoms with E-state index < -0.39 is 11.8 Å². The normalized spacial score (nSPS) is 22.8. The van der Waals surface area contributed by atoms with Crippen LogP contribution < -0.4 is 10.6 Å². The lowest BCUT2D eigenvalue weighted by atomic mass is 10.0. The number of hydrogen-bond donors (Lipinski definition) is 4. The van der Waals surface area contributed by atoms with Crippen LogP contribution in [0.25, 0.3) is 0 Å². The first-order valence-corrected chi connectivity index (χ1v) is 9.19. The van der Waals surface area contributed by atoms with Crippen LogP contribution in [0, 0.1) is 0 Å². The maximum Gasteiger partial charge on any atom is 0.309 e. The summed E-state index contributed by atoms with van der Waals surface area (Å²) in [6, 6.07) is 12.2. The van der Waals surface area contributed by atoms with E-state index in [1.165, 1.54) is 0 Å². The van der Waals surface area contributed by atoms with E-state index in [0.29, 0.717) is 12.8 Å². The average Bonchev–Trinajstić information content (AvgIpc) is 3.23. The molecule has 2 aliphatic carbocycles. The van der Waals surface area contributed by atoms with Gasteiger partial charge in [-0.15, -0.1) is 0 Å². The Balaban J connectivity index is 1.43. The Morgan fingerprint density at radius 1 is 0.963 bits per heavy atom. The van der Waals surface area contributed by atoms with Gasteiger partial charge in [-0.2, -0.15) is 0 Å². The highest BCUT2D eigenvalue weighted by Gasteiger charge is 2.33. The number of benzene rings is 2. The van der Waals surface area contributed by atoms with E-state index in [0.717, 1.165) is 28.7 Å². The summed E-state index contributed by atoms with van der Waals surface area (Å²) in [5.41, 5.74) is 3.91. The van der Waals surface area contributed by atoms with E-state index in [1.807, 2.05) is 30.3 Å². The van der Waals surface area contributed by atoms with Gasteiger partial charge in [0.15, 0.2) is 0 Å². The molecule has 0 aliphatic heterocycles. The monoisotopic (exact) mass is 366 g/mol. The second-order valence-corrected chi connectivity index (χ2v) is 7.22. The number of phenols is 1. The maximum absolute atomic E-state index is 12.4. The topological polar surface area (TPSA) is 98.7 Å². The number of hydrogen-bond acceptors (Lipinski definition) is 4. The number of aliphatic hydroxyl groups is 1. The third kappa shape index (κ3) is 3.28. The zero-order valence-electron chi connectivity index (χ0n) is 14.8. The molecule has 0 bridgehead atoms.